The minimum Gasteiger partial charge on any atom is -0.353 e. The van der Waals surface area contributed by atoms with Crippen LogP contribution in [0.15, 0.2) is 54.4 Å². The van der Waals surface area contributed by atoms with Crippen molar-refractivity contribution in [2.45, 2.75) is 32.1 Å². The fraction of sp³-hybridized carbons (Fsp3) is 0.435. The highest BCUT2D eigenvalue weighted by Gasteiger charge is 2.19. The van der Waals surface area contributed by atoms with Crippen molar-refractivity contribution in [3.63, 3.8) is 0 Å². The van der Waals surface area contributed by atoms with E-state index in [0.717, 1.165) is 44.2 Å². The van der Waals surface area contributed by atoms with Gasteiger partial charge in [-0.25, -0.2) is 9.97 Å². The van der Waals surface area contributed by atoms with Crippen molar-refractivity contribution in [1.29, 1.82) is 0 Å². The summed E-state index contributed by atoms with van der Waals surface area (Å²) in [5, 5.41) is 3.02. The first-order valence-electron chi connectivity index (χ1n) is 10.6. The summed E-state index contributed by atoms with van der Waals surface area (Å²) in [5.74, 6) is 1.91. The molecule has 1 fully saturated rings. The number of nitrogens with one attached hydrogen (secondary N) is 1. The second-order valence-electron chi connectivity index (χ2n) is 7.68. The van der Waals surface area contributed by atoms with Crippen molar-refractivity contribution in [2.75, 3.05) is 42.5 Å². The molecule has 29 heavy (non-hydrogen) atoms. The van der Waals surface area contributed by atoms with Gasteiger partial charge in [-0.15, -0.1) is 0 Å². The van der Waals surface area contributed by atoms with Gasteiger partial charge in [0, 0.05) is 45.1 Å². The van der Waals surface area contributed by atoms with Crippen LogP contribution in [0.1, 0.15) is 42.5 Å². The van der Waals surface area contributed by atoms with E-state index in [1.165, 1.54) is 31.3 Å². The van der Waals surface area contributed by atoms with Crippen molar-refractivity contribution in [3.8, 4) is 0 Å². The number of hydrogen-bond donors (Lipinski definition) is 1. The van der Waals surface area contributed by atoms with Crippen molar-refractivity contribution in [1.82, 2.24) is 15.3 Å². The molecule has 1 aliphatic carbocycles. The SMILES string of the molecule is O=C(NCCC1=CCCCC1)c1ccc(N2CCN(c3ccccn3)CC2)nc1. The molecule has 3 heterocycles. The quantitative estimate of drug-likeness (QED) is 0.765. The molecule has 0 unspecified atom stereocenters. The predicted molar refractivity (Wildman–Crippen MR) is 116 cm³/mol. The fourth-order valence-electron chi connectivity index (χ4n) is 3.98. The molecule has 2 aliphatic rings. The highest BCUT2D eigenvalue weighted by atomic mass is 16.1. The minimum absolute atomic E-state index is 0.0413. The molecule has 0 saturated carbocycles. The molecule has 2 aromatic rings. The Labute approximate surface area is 172 Å². The number of pyridine rings is 2. The zero-order chi connectivity index (χ0) is 19.9. The number of piperazine rings is 1. The number of allylic oxidation sites excluding steroid dienone is 1. The lowest BCUT2D eigenvalue weighted by Crippen LogP contribution is -2.47. The first kappa shape index (κ1) is 19.4. The molecular formula is C23H29N5O. The summed E-state index contributed by atoms with van der Waals surface area (Å²) in [6.45, 7) is 4.31. The molecule has 6 nitrogen and oxygen atoms in total. The van der Waals surface area contributed by atoms with Gasteiger partial charge >= 0.3 is 0 Å². The van der Waals surface area contributed by atoms with Crippen LogP contribution in [0.2, 0.25) is 0 Å². The first-order valence-corrected chi connectivity index (χ1v) is 10.6. The third-order valence-corrected chi connectivity index (χ3v) is 5.70. The van der Waals surface area contributed by atoms with Crippen molar-refractivity contribution >= 4 is 17.5 Å². The largest absolute Gasteiger partial charge is 0.353 e. The molecular weight excluding hydrogens is 362 g/mol. The van der Waals surface area contributed by atoms with Gasteiger partial charge in [-0.2, -0.15) is 0 Å². The monoisotopic (exact) mass is 391 g/mol. The summed E-state index contributed by atoms with van der Waals surface area (Å²) < 4.78 is 0. The zero-order valence-corrected chi connectivity index (χ0v) is 16.9. The maximum absolute atomic E-state index is 12.4. The summed E-state index contributed by atoms with van der Waals surface area (Å²) in [5.41, 5.74) is 2.10. The van der Waals surface area contributed by atoms with Crippen LogP contribution in [0.4, 0.5) is 11.6 Å². The molecule has 6 heteroatoms. The Morgan fingerprint density at radius 2 is 1.76 bits per heavy atom. The number of anilines is 2. The van der Waals surface area contributed by atoms with Crippen LogP contribution in [0.25, 0.3) is 0 Å². The number of nitrogens with zero attached hydrogens (tertiary/aromatic N) is 4. The van der Waals surface area contributed by atoms with E-state index in [2.05, 4.69) is 31.2 Å². The van der Waals surface area contributed by atoms with Gasteiger partial charge in [0.2, 0.25) is 0 Å². The van der Waals surface area contributed by atoms with Gasteiger partial charge in [0.05, 0.1) is 5.56 Å². The predicted octanol–water partition coefficient (Wildman–Crippen LogP) is 3.42. The van der Waals surface area contributed by atoms with Gasteiger partial charge in [-0.3, -0.25) is 4.79 Å². The number of aromatic nitrogens is 2. The van der Waals surface area contributed by atoms with Gasteiger partial charge < -0.3 is 15.1 Å². The fourth-order valence-corrected chi connectivity index (χ4v) is 3.98. The molecule has 1 amide bonds. The van der Waals surface area contributed by atoms with Gasteiger partial charge in [0.15, 0.2) is 0 Å². The van der Waals surface area contributed by atoms with Gasteiger partial charge in [-0.1, -0.05) is 17.7 Å². The Morgan fingerprint density at radius 3 is 2.38 bits per heavy atom. The summed E-state index contributed by atoms with van der Waals surface area (Å²) in [7, 11) is 0. The lowest BCUT2D eigenvalue weighted by molar-refractivity contribution is 0.0953. The minimum atomic E-state index is -0.0413. The summed E-state index contributed by atoms with van der Waals surface area (Å²) in [6, 6.07) is 9.84. The molecule has 0 bridgehead atoms. The van der Waals surface area contributed by atoms with Crippen LogP contribution >= 0.6 is 0 Å². The Hall–Kier alpha value is -2.89. The van der Waals surface area contributed by atoms with Crippen LogP contribution in [0.3, 0.4) is 0 Å². The van der Waals surface area contributed by atoms with E-state index in [4.69, 9.17) is 0 Å². The number of carbonyl (C=O) groups excluding carboxylic acids is 1. The summed E-state index contributed by atoms with van der Waals surface area (Å²) >= 11 is 0. The van der Waals surface area contributed by atoms with Crippen LogP contribution in [-0.4, -0.2) is 48.6 Å². The van der Waals surface area contributed by atoms with Gasteiger partial charge in [0.25, 0.3) is 5.91 Å². The Kier molecular flexibility index (Phi) is 6.39. The molecule has 4 rings (SSSR count). The standard InChI is InChI=1S/C23H29N5O/c29-23(25-13-11-19-6-2-1-3-7-19)20-9-10-22(26-18-20)28-16-14-27(15-17-28)21-8-4-5-12-24-21/h4-6,8-10,12,18H,1-3,7,11,13-17H2,(H,25,29). The van der Waals surface area contributed by atoms with E-state index < -0.39 is 0 Å². The van der Waals surface area contributed by atoms with Crippen LogP contribution in [0.5, 0.6) is 0 Å². The van der Waals surface area contributed by atoms with E-state index in [1.54, 1.807) is 6.20 Å². The van der Waals surface area contributed by atoms with Crippen molar-refractivity contribution < 1.29 is 4.79 Å². The molecule has 1 saturated heterocycles. The molecule has 1 aliphatic heterocycles. The van der Waals surface area contributed by atoms with Crippen molar-refractivity contribution in [3.05, 3.63) is 59.9 Å². The second kappa shape index (κ2) is 9.54. The average Bonchev–Trinajstić information content (AvgIpc) is 2.80. The van der Waals surface area contributed by atoms with E-state index in [0.29, 0.717) is 12.1 Å². The van der Waals surface area contributed by atoms with E-state index in [9.17, 15) is 4.79 Å². The molecule has 1 N–H and O–H groups in total. The lowest BCUT2D eigenvalue weighted by atomic mass is 9.97. The number of rotatable bonds is 6. The third kappa shape index (κ3) is 5.13. The zero-order valence-electron chi connectivity index (χ0n) is 16.9. The summed E-state index contributed by atoms with van der Waals surface area (Å²) in [6.07, 6.45) is 11.8. The highest BCUT2D eigenvalue weighted by Crippen LogP contribution is 2.20. The molecule has 0 spiro atoms. The Morgan fingerprint density at radius 1 is 0.966 bits per heavy atom. The van der Waals surface area contributed by atoms with Crippen molar-refractivity contribution in [2.24, 2.45) is 0 Å². The maximum Gasteiger partial charge on any atom is 0.252 e. The first-order chi connectivity index (χ1) is 14.3. The lowest BCUT2D eigenvalue weighted by Gasteiger charge is -2.36. The smallest absolute Gasteiger partial charge is 0.252 e. The normalized spacial score (nSPS) is 17.0. The average molecular weight is 392 g/mol. The summed E-state index contributed by atoms with van der Waals surface area (Å²) in [4.78, 5) is 25.9. The molecule has 2 aromatic heterocycles. The molecule has 0 radical (unpaired) electrons. The number of amides is 1. The van der Waals surface area contributed by atoms with E-state index in [-0.39, 0.29) is 5.91 Å². The topological polar surface area (TPSA) is 61.4 Å². The van der Waals surface area contributed by atoms with E-state index in [1.807, 2.05) is 36.5 Å². The molecule has 0 aromatic carbocycles. The van der Waals surface area contributed by atoms with Gasteiger partial charge in [0.1, 0.15) is 11.6 Å². The van der Waals surface area contributed by atoms with Crippen LogP contribution in [0, 0.1) is 0 Å². The number of hydrogen-bond acceptors (Lipinski definition) is 5. The van der Waals surface area contributed by atoms with Gasteiger partial charge in [-0.05, 0) is 56.4 Å². The highest BCUT2D eigenvalue weighted by molar-refractivity contribution is 5.94. The van der Waals surface area contributed by atoms with Crippen LogP contribution in [-0.2, 0) is 0 Å². The second-order valence-corrected chi connectivity index (χ2v) is 7.68. The number of carbonyl (C=O) groups is 1. The Bertz CT molecular complexity index is 826. The third-order valence-electron chi connectivity index (χ3n) is 5.70. The maximum atomic E-state index is 12.4. The van der Waals surface area contributed by atoms with E-state index >= 15 is 0 Å². The Balaban J connectivity index is 1.25. The molecule has 0 atom stereocenters. The van der Waals surface area contributed by atoms with Crippen LogP contribution < -0.4 is 15.1 Å². The molecule has 152 valence electrons.